The molecule has 0 radical (unpaired) electrons. The highest BCUT2D eigenvalue weighted by Crippen LogP contribution is 2.36. The standard InChI is InChI=1S/C33H42N2O8/c1-21-14-15-27(41-31(36)23-10-7-6-8-11-23)30-28(42-33(3,4)43-30)13-9-12-24-18-26(39-17-16-35-34)19-25(20-38-5)29(24)32(37)40-22(21)2/h6-12,18-19,21-22,27-28,30,35H,13-17,20H2,1-5H3/b12-9+/t21-,22+,27?,28+,30-/m1/s1. The van der Waals surface area contributed by atoms with Gasteiger partial charge in [-0.05, 0) is 81.3 Å². The van der Waals surface area contributed by atoms with Gasteiger partial charge in [0.05, 0.1) is 23.8 Å². The van der Waals surface area contributed by atoms with Crippen LogP contribution in [0, 0.1) is 5.92 Å². The highest BCUT2D eigenvalue weighted by atomic mass is 16.8. The molecule has 1 fully saturated rings. The summed E-state index contributed by atoms with van der Waals surface area (Å²) in [7, 11) is 1.56. The first-order chi connectivity index (χ1) is 20.6. The van der Waals surface area contributed by atoms with Crippen molar-refractivity contribution in [2.24, 2.45) is 5.92 Å². The zero-order valence-corrected chi connectivity index (χ0v) is 25.5. The Morgan fingerprint density at radius 1 is 1.12 bits per heavy atom. The number of esters is 2. The van der Waals surface area contributed by atoms with Crippen molar-refractivity contribution in [2.75, 3.05) is 20.3 Å². The zero-order chi connectivity index (χ0) is 31.0. The Kier molecular flexibility index (Phi) is 11.1. The molecule has 2 aliphatic rings. The van der Waals surface area contributed by atoms with Gasteiger partial charge in [-0.2, -0.15) is 0 Å². The molecule has 5 atom stereocenters. The van der Waals surface area contributed by atoms with Gasteiger partial charge in [-0.3, -0.25) is 0 Å². The van der Waals surface area contributed by atoms with Crippen LogP contribution in [0.25, 0.3) is 11.6 Å². The molecule has 232 valence electrons. The van der Waals surface area contributed by atoms with Gasteiger partial charge in [-0.1, -0.05) is 37.3 Å². The van der Waals surface area contributed by atoms with Crippen LogP contribution in [-0.4, -0.2) is 62.4 Å². The first-order valence-electron chi connectivity index (χ1n) is 14.8. The number of fused-ring (bicyclic) bond motifs is 2. The predicted molar refractivity (Wildman–Crippen MR) is 158 cm³/mol. The maximum atomic E-state index is 13.6. The van der Waals surface area contributed by atoms with Crippen LogP contribution in [0.2, 0.25) is 0 Å². The van der Waals surface area contributed by atoms with Gasteiger partial charge in [0, 0.05) is 7.11 Å². The zero-order valence-electron chi connectivity index (χ0n) is 25.5. The van der Waals surface area contributed by atoms with Crippen molar-refractivity contribution >= 4 is 18.0 Å². The second-order valence-electron chi connectivity index (χ2n) is 11.5. The van der Waals surface area contributed by atoms with Gasteiger partial charge in [0.1, 0.15) is 30.7 Å². The number of carbonyl (C=O) groups excluding carboxylic acids is 2. The summed E-state index contributed by atoms with van der Waals surface area (Å²) in [5, 5.41) is 2.07. The lowest BCUT2D eigenvalue weighted by molar-refractivity contribution is -0.482. The molecule has 0 aliphatic carbocycles. The van der Waals surface area contributed by atoms with Crippen molar-refractivity contribution in [3.8, 4) is 5.75 Å². The molecule has 0 saturated carbocycles. The largest absolute Gasteiger partial charge is 0.508 e. The first-order valence-corrected chi connectivity index (χ1v) is 14.8. The molecule has 2 aromatic carbocycles. The van der Waals surface area contributed by atoms with Gasteiger partial charge < -0.3 is 39.1 Å². The fourth-order valence-electron chi connectivity index (χ4n) is 5.41. The van der Waals surface area contributed by atoms with Crippen LogP contribution in [-0.2, 0) is 30.3 Å². The van der Waals surface area contributed by atoms with E-state index >= 15 is 0 Å². The average Bonchev–Trinajstić information content (AvgIpc) is 3.28. The van der Waals surface area contributed by atoms with E-state index < -0.39 is 42.1 Å². The number of nitrogens with zero attached hydrogens (tertiary/aromatic N) is 1. The third kappa shape index (κ3) is 8.49. The number of methoxy groups -OCH3 is 1. The van der Waals surface area contributed by atoms with Gasteiger partial charge in [0.15, 0.2) is 12.3 Å². The minimum atomic E-state index is -0.877. The highest BCUT2D eigenvalue weighted by Gasteiger charge is 2.46. The summed E-state index contributed by atoms with van der Waals surface area (Å²) in [6.07, 6.45) is 3.39. The van der Waals surface area contributed by atoms with Gasteiger partial charge in [0.25, 0.3) is 0 Å². The lowest BCUT2D eigenvalue weighted by Crippen LogP contribution is -2.64. The SMILES string of the molecule is COCc1cc(OCC[NH+]=[N-])cc2c1C(=O)O[C@@H](C)[C@H](C)CCC(OC(=O)c1ccccc1)[C@H]1OC(C)(C)O[C@H]1C/C=C/2. The molecular formula is C33H42N2O8. The summed E-state index contributed by atoms with van der Waals surface area (Å²) >= 11 is 0. The predicted octanol–water partition coefficient (Wildman–Crippen LogP) is 4.44. The van der Waals surface area contributed by atoms with Crippen molar-refractivity contribution in [3.63, 3.8) is 0 Å². The Labute approximate surface area is 253 Å². The van der Waals surface area contributed by atoms with Crippen molar-refractivity contribution in [2.45, 2.75) is 83.8 Å². The van der Waals surface area contributed by atoms with E-state index in [1.807, 2.05) is 45.9 Å². The van der Waals surface area contributed by atoms with E-state index in [1.54, 1.807) is 43.5 Å². The molecule has 2 aliphatic heterocycles. The van der Waals surface area contributed by atoms with Crippen LogP contribution in [0.1, 0.15) is 78.8 Å². The summed E-state index contributed by atoms with van der Waals surface area (Å²) in [4.78, 5) is 26.8. The summed E-state index contributed by atoms with van der Waals surface area (Å²) in [6.45, 7) is 8.20. The smallest absolute Gasteiger partial charge is 0.339 e. The number of hydrogen-bond acceptors (Lipinski definition) is 8. The van der Waals surface area contributed by atoms with E-state index in [0.29, 0.717) is 47.3 Å². The minimum Gasteiger partial charge on any atom is -0.508 e. The Bertz CT molecular complexity index is 1300. The molecule has 0 spiro atoms. The van der Waals surface area contributed by atoms with E-state index in [0.717, 1.165) is 0 Å². The molecule has 0 amide bonds. The fraction of sp³-hybridized carbons (Fsp3) is 0.515. The number of carbonyl (C=O) groups is 2. The summed E-state index contributed by atoms with van der Waals surface area (Å²) in [5.74, 6) is -1.29. The van der Waals surface area contributed by atoms with Crippen LogP contribution in [0.5, 0.6) is 5.75 Å². The van der Waals surface area contributed by atoms with Gasteiger partial charge >= 0.3 is 11.9 Å². The fourth-order valence-corrected chi connectivity index (χ4v) is 5.41. The molecule has 10 heteroatoms. The number of ether oxygens (including phenoxy) is 6. The van der Waals surface area contributed by atoms with Crippen LogP contribution in [0.15, 0.2) is 48.5 Å². The topological polar surface area (TPSA) is 126 Å². The Hall–Kier alpha value is -3.60. The number of hydrogen-bond donors (Lipinski definition) is 1. The Morgan fingerprint density at radius 2 is 1.88 bits per heavy atom. The maximum absolute atomic E-state index is 13.6. The second kappa shape index (κ2) is 14.7. The molecule has 0 bridgehead atoms. The van der Waals surface area contributed by atoms with Crippen LogP contribution in [0.3, 0.4) is 0 Å². The van der Waals surface area contributed by atoms with E-state index in [4.69, 9.17) is 34.0 Å². The lowest BCUT2D eigenvalue weighted by atomic mass is 9.93. The van der Waals surface area contributed by atoms with Gasteiger partial charge in [0.2, 0.25) is 0 Å². The molecule has 1 unspecified atom stereocenters. The number of rotatable bonds is 8. The molecule has 0 aromatic heterocycles. The Balaban J connectivity index is 1.71. The molecule has 1 N–H and O–H groups in total. The van der Waals surface area contributed by atoms with Crippen molar-refractivity contribution in [1.82, 2.24) is 0 Å². The average molecular weight is 595 g/mol. The van der Waals surface area contributed by atoms with Crippen LogP contribution in [0.4, 0.5) is 0 Å². The third-order valence-electron chi connectivity index (χ3n) is 7.73. The van der Waals surface area contributed by atoms with Crippen molar-refractivity contribution in [1.29, 1.82) is 0 Å². The van der Waals surface area contributed by atoms with E-state index in [2.05, 4.69) is 5.11 Å². The van der Waals surface area contributed by atoms with Crippen molar-refractivity contribution in [3.05, 3.63) is 76.3 Å². The number of cyclic esters (lactones) is 1. The second-order valence-corrected chi connectivity index (χ2v) is 11.5. The molecule has 1 saturated heterocycles. The van der Waals surface area contributed by atoms with Crippen molar-refractivity contribution < 1.29 is 43.1 Å². The normalized spacial score (nSPS) is 26.3. The Morgan fingerprint density at radius 3 is 2.60 bits per heavy atom. The lowest BCUT2D eigenvalue weighted by Gasteiger charge is -2.29. The summed E-state index contributed by atoms with van der Waals surface area (Å²) in [6, 6.07) is 12.4. The summed E-state index contributed by atoms with van der Waals surface area (Å²) < 4.78 is 36.0. The molecule has 10 nitrogen and oxygen atoms in total. The number of nitrogens with one attached hydrogen (secondary N) is 1. The minimum absolute atomic E-state index is 0.0444. The van der Waals surface area contributed by atoms with Gasteiger partial charge in [-0.25, -0.2) is 9.59 Å². The monoisotopic (exact) mass is 594 g/mol. The molecular weight excluding hydrogens is 552 g/mol. The molecule has 4 rings (SSSR count). The van der Waals surface area contributed by atoms with E-state index in [9.17, 15) is 9.59 Å². The molecule has 2 aromatic rings. The quantitative estimate of drug-likeness (QED) is 0.270. The first kappa shape index (κ1) is 32.3. The van der Waals surface area contributed by atoms with Crippen LogP contribution < -0.4 is 9.85 Å². The highest BCUT2D eigenvalue weighted by molar-refractivity contribution is 5.96. The van der Waals surface area contributed by atoms with Gasteiger partial charge in [-0.15, -0.1) is 0 Å². The third-order valence-corrected chi connectivity index (χ3v) is 7.73. The van der Waals surface area contributed by atoms with E-state index in [1.165, 1.54) is 0 Å². The van der Waals surface area contributed by atoms with E-state index in [-0.39, 0.29) is 25.7 Å². The number of benzene rings is 2. The summed E-state index contributed by atoms with van der Waals surface area (Å²) in [5.41, 5.74) is 11.0. The maximum Gasteiger partial charge on any atom is 0.339 e. The molecule has 43 heavy (non-hydrogen) atoms. The van der Waals surface area contributed by atoms with Crippen LogP contribution >= 0.6 is 0 Å². The molecule has 2 heterocycles.